The van der Waals surface area contributed by atoms with Crippen molar-refractivity contribution in [2.75, 3.05) is 0 Å². The average molecular weight is 193 g/mol. The second-order valence-electron chi connectivity index (χ2n) is 2.96. The first-order valence-corrected chi connectivity index (χ1v) is 4.12. The number of aromatic nitrogens is 1. The molecule has 4 heteroatoms. The predicted molar refractivity (Wildman–Crippen MR) is 49.7 cm³/mol. The Labute approximate surface area is 79.4 Å². The molecule has 0 spiro atoms. The number of rotatable bonds is 2. The van der Waals surface area contributed by atoms with E-state index in [4.69, 9.17) is 5.11 Å². The van der Waals surface area contributed by atoms with E-state index in [1.54, 1.807) is 24.3 Å². The highest BCUT2D eigenvalue weighted by molar-refractivity contribution is 5.82. The fraction of sp³-hybridized carbons (Fsp3) is 0.100. The fourth-order valence-corrected chi connectivity index (χ4v) is 1.42. The Morgan fingerprint density at radius 2 is 2.07 bits per heavy atom. The van der Waals surface area contributed by atoms with Gasteiger partial charge in [0.1, 0.15) is 0 Å². The number of alkyl halides is 1. The van der Waals surface area contributed by atoms with Gasteiger partial charge in [-0.3, -0.25) is 0 Å². The molecule has 0 aliphatic carbocycles. The van der Waals surface area contributed by atoms with E-state index in [0.29, 0.717) is 5.52 Å². The van der Waals surface area contributed by atoms with E-state index in [9.17, 15) is 9.18 Å². The molecular formula is C10H8FNO2. The van der Waals surface area contributed by atoms with Crippen molar-refractivity contribution in [3.8, 4) is 0 Å². The predicted octanol–water partition coefficient (Wildman–Crippen LogP) is 2.19. The molecule has 0 fully saturated rings. The first-order chi connectivity index (χ1) is 6.70. The van der Waals surface area contributed by atoms with Crippen LogP contribution in [0.3, 0.4) is 0 Å². The third-order valence-electron chi connectivity index (χ3n) is 2.08. The van der Waals surface area contributed by atoms with Crippen LogP contribution in [0.25, 0.3) is 10.9 Å². The monoisotopic (exact) mass is 193 g/mol. The highest BCUT2D eigenvalue weighted by atomic mass is 19.1. The lowest BCUT2D eigenvalue weighted by molar-refractivity contribution is -0.146. The summed E-state index contributed by atoms with van der Waals surface area (Å²) in [5.74, 6) is -1.48. The normalized spacial score (nSPS) is 12.9. The van der Waals surface area contributed by atoms with Crippen molar-refractivity contribution in [1.29, 1.82) is 0 Å². The molecule has 0 aliphatic heterocycles. The molecule has 72 valence electrons. The number of fused-ring (bicyclic) bond motifs is 1. The summed E-state index contributed by atoms with van der Waals surface area (Å²) in [6.45, 7) is 0. The van der Waals surface area contributed by atoms with Crippen LogP contribution in [0.15, 0.2) is 36.5 Å². The van der Waals surface area contributed by atoms with Crippen LogP contribution in [0.1, 0.15) is 6.30 Å². The fourth-order valence-electron chi connectivity index (χ4n) is 1.42. The number of para-hydroxylation sites is 1. The second-order valence-corrected chi connectivity index (χ2v) is 2.96. The summed E-state index contributed by atoms with van der Waals surface area (Å²) in [7, 11) is 0. The Balaban J connectivity index is 2.58. The Kier molecular flexibility index (Phi) is 1.96. The molecule has 0 amide bonds. The number of carbonyl (C=O) groups is 1. The van der Waals surface area contributed by atoms with Gasteiger partial charge >= 0.3 is 5.97 Å². The molecule has 2 aromatic rings. The van der Waals surface area contributed by atoms with Crippen LogP contribution in [0.4, 0.5) is 4.39 Å². The molecule has 0 saturated carbocycles. The van der Waals surface area contributed by atoms with Crippen LogP contribution < -0.4 is 0 Å². The van der Waals surface area contributed by atoms with Gasteiger partial charge in [-0.25, -0.2) is 9.18 Å². The summed E-state index contributed by atoms with van der Waals surface area (Å²) >= 11 is 0. The highest BCUT2D eigenvalue weighted by Crippen LogP contribution is 2.20. The van der Waals surface area contributed by atoms with E-state index >= 15 is 0 Å². The minimum absolute atomic E-state index is 0.586. The molecule has 3 nitrogen and oxygen atoms in total. The Hall–Kier alpha value is -1.84. The summed E-state index contributed by atoms with van der Waals surface area (Å²) in [5, 5.41) is 9.35. The molecule has 1 N–H and O–H groups in total. The van der Waals surface area contributed by atoms with Crippen molar-refractivity contribution in [2.45, 2.75) is 6.30 Å². The maximum Gasteiger partial charge on any atom is 0.359 e. The van der Waals surface area contributed by atoms with Gasteiger partial charge in [-0.15, -0.1) is 0 Å². The van der Waals surface area contributed by atoms with Gasteiger partial charge in [-0.2, -0.15) is 0 Å². The average Bonchev–Trinajstić information content (AvgIpc) is 2.60. The quantitative estimate of drug-likeness (QED) is 0.794. The van der Waals surface area contributed by atoms with Gasteiger partial charge < -0.3 is 9.67 Å². The van der Waals surface area contributed by atoms with Gasteiger partial charge in [0, 0.05) is 6.20 Å². The lowest BCUT2D eigenvalue weighted by Crippen LogP contribution is -2.12. The van der Waals surface area contributed by atoms with E-state index in [1.807, 2.05) is 6.07 Å². The number of nitrogens with zero attached hydrogens (tertiary/aromatic N) is 1. The van der Waals surface area contributed by atoms with Crippen LogP contribution in [-0.2, 0) is 4.79 Å². The molecule has 1 aromatic heterocycles. The van der Waals surface area contributed by atoms with E-state index in [1.165, 1.54) is 6.20 Å². The number of halogens is 1. The zero-order valence-corrected chi connectivity index (χ0v) is 7.22. The van der Waals surface area contributed by atoms with Crippen LogP contribution in [0.2, 0.25) is 0 Å². The van der Waals surface area contributed by atoms with Crippen LogP contribution >= 0.6 is 0 Å². The SMILES string of the molecule is O=C(O)C(F)n1ccc2ccccc21. The first-order valence-electron chi connectivity index (χ1n) is 4.12. The third-order valence-corrected chi connectivity index (χ3v) is 2.08. The molecule has 14 heavy (non-hydrogen) atoms. The topological polar surface area (TPSA) is 42.2 Å². The molecule has 1 aromatic carbocycles. The third kappa shape index (κ3) is 1.25. The minimum Gasteiger partial charge on any atom is -0.478 e. The van der Waals surface area contributed by atoms with Gasteiger partial charge in [-0.05, 0) is 17.5 Å². The van der Waals surface area contributed by atoms with E-state index in [2.05, 4.69) is 0 Å². The zero-order valence-electron chi connectivity index (χ0n) is 7.22. The molecule has 0 saturated heterocycles. The second kappa shape index (κ2) is 3.14. The Bertz CT molecular complexity index is 478. The lowest BCUT2D eigenvalue weighted by Gasteiger charge is -2.06. The summed E-state index contributed by atoms with van der Waals surface area (Å²) in [6.07, 6.45) is -0.585. The van der Waals surface area contributed by atoms with Gasteiger partial charge in [0.25, 0.3) is 6.30 Å². The number of hydrogen-bond acceptors (Lipinski definition) is 1. The molecule has 1 atom stereocenters. The standard InChI is InChI=1S/C10H8FNO2/c11-9(10(13)14)12-6-5-7-3-1-2-4-8(7)12/h1-6,9H,(H,13,14). The van der Waals surface area contributed by atoms with Crippen LogP contribution in [0, 0.1) is 0 Å². The number of carboxylic acids is 1. The van der Waals surface area contributed by atoms with Gasteiger partial charge in [-0.1, -0.05) is 18.2 Å². The zero-order chi connectivity index (χ0) is 10.1. The molecule has 2 rings (SSSR count). The molecule has 0 aliphatic rings. The van der Waals surface area contributed by atoms with Crippen molar-refractivity contribution >= 4 is 16.9 Å². The number of aliphatic carboxylic acids is 1. The maximum atomic E-state index is 13.2. The van der Waals surface area contributed by atoms with E-state index in [0.717, 1.165) is 9.95 Å². The first kappa shape index (κ1) is 8.74. The number of benzene rings is 1. The van der Waals surface area contributed by atoms with Crippen molar-refractivity contribution < 1.29 is 14.3 Å². The molecular weight excluding hydrogens is 185 g/mol. The Morgan fingerprint density at radius 3 is 2.79 bits per heavy atom. The van der Waals surface area contributed by atoms with Crippen molar-refractivity contribution in [2.24, 2.45) is 0 Å². The molecule has 1 heterocycles. The lowest BCUT2D eigenvalue weighted by atomic mass is 10.2. The number of carboxylic acid groups (broad SMARTS) is 1. The van der Waals surface area contributed by atoms with Gasteiger partial charge in [0.15, 0.2) is 0 Å². The van der Waals surface area contributed by atoms with E-state index < -0.39 is 12.3 Å². The van der Waals surface area contributed by atoms with Gasteiger partial charge in [0.05, 0.1) is 5.52 Å². The summed E-state index contributed by atoms with van der Waals surface area (Å²) in [6, 6.07) is 8.74. The largest absolute Gasteiger partial charge is 0.478 e. The maximum absolute atomic E-state index is 13.2. The van der Waals surface area contributed by atoms with Crippen LogP contribution in [-0.4, -0.2) is 15.6 Å². The summed E-state index contributed by atoms with van der Waals surface area (Å²) < 4.78 is 14.3. The minimum atomic E-state index is -2.02. The number of hydrogen-bond donors (Lipinski definition) is 1. The summed E-state index contributed by atoms with van der Waals surface area (Å²) in [4.78, 5) is 10.4. The Morgan fingerprint density at radius 1 is 1.36 bits per heavy atom. The molecule has 0 radical (unpaired) electrons. The smallest absolute Gasteiger partial charge is 0.359 e. The molecule has 1 unspecified atom stereocenters. The van der Waals surface area contributed by atoms with Crippen molar-refractivity contribution in [3.05, 3.63) is 36.5 Å². The van der Waals surface area contributed by atoms with Crippen molar-refractivity contribution in [1.82, 2.24) is 4.57 Å². The summed E-state index contributed by atoms with van der Waals surface area (Å²) in [5.41, 5.74) is 0.586. The highest BCUT2D eigenvalue weighted by Gasteiger charge is 2.18. The van der Waals surface area contributed by atoms with E-state index in [-0.39, 0.29) is 0 Å². The van der Waals surface area contributed by atoms with Crippen molar-refractivity contribution in [3.63, 3.8) is 0 Å². The molecule has 0 bridgehead atoms. The van der Waals surface area contributed by atoms with Gasteiger partial charge in [0.2, 0.25) is 0 Å². The van der Waals surface area contributed by atoms with Crippen LogP contribution in [0.5, 0.6) is 0 Å².